The van der Waals surface area contributed by atoms with Crippen molar-refractivity contribution < 1.29 is 4.79 Å². The van der Waals surface area contributed by atoms with Gasteiger partial charge in [-0.05, 0) is 36.8 Å². The molecule has 4 heteroatoms. The van der Waals surface area contributed by atoms with Crippen LogP contribution in [0.5, 0.6) is 0 Å². The third kappa shape index (κ3) is 2.71. The molecular formula is C15H21ClN2O. The first-order valence-corrected chi connectivity index (χ1v) is 7.16. The zero-order valence-corrected chi connectivity index (χ0v) is 12.2. The van der Waals surface area contributed by atoms with Gasteiger partial charge in [0, 0.05) is 0 Å². The van der Waals surface area contributed by atoms with Crippen molar-refractivity contribution in [1.29, 1.82) is 0 Å². The first-order valence-electron chi connectivity index (χ1n) is 6.78. The average Bonchev–Trinajstić information content (AvgIpc) is 2.36. The molecule has 3 atom stereocenters. The fraction of sp³-hybridized carbons (Fsp3) is 0.533. The summed E-state index contributed by atoms with van der Waals surface area (Å²) >= 11 is 6.18. The highest BCUT2D eigenvalue weighted by molar-refractivity contribution is 6.33. The van der Waals surface area contributed by atoms with E-state index in [0.717, 1.165) is 24.9 Å². The van der Waals surface area contributed by atoms with Crippen molar-refractivity contribution in [1.82, 2.24) is 0 Å². The zero-order valence-electron chi connectivity index (χ0n) is 11.4. The number of carbonyl (C=O) groups is 1. The van der Waals surface area contributed by atoms with Crippen molar-refractivity contribution in [3.05, 3.63) is 29.3 Å². The summed E-state index contributed by atoms with van der Waals surface area (Å²) in [6, 6.07) is 7.48. The van der Waals surface area contributed by atoms with Gasteiger partial charge in [0.25, 0.3) is 0 Å². The van der Waals surface area contributed by atoms with Gasteiger partial charge in [-0.2, -0.15) is 0 Å². The summed E-state index contributed by atoms with van der Waals surface area (Å²) in [4.78, 5) is 12.1. The standard InChI is InChI=1S/C15H21ClN2O/c1-10-7-8-11(2)15(9-10,14(17)19)18-13-6-4-3-5-12(13)16/h3-6,10-11,18H,7-9H2,1-2H3,(H2,17,19). The minimum absolute atomic E-state index is 0.206. The van der Waals surface area contributed by atoms with Crippen LogP contribution in [0.2, 0.25) is 5.02 Å². The van der Waals surface area contributed by atoms with Gasteiger partial charge in [0.2, 0.25) is 5.91 Å². The lowest BCUT2D eigenvalue weighted by molar-refractivity contribution is -0.125. The minimum atomic E-state index is -0.692. The Labute approximate surface area is 119 Å². The van der Waals surface area contributed by atoms with Crippen molar-refractivity contribution in [2.24, 2.45) is 17.6 Å². The molecule has 1 saturated carbocycles. The molecule has 0 bridgehead atoms. The van der Waals surface area contributed by atoms with E-state index in [1.54, 1.807) is 0 Å². The highest BCUT2D eigenvalue weighted by Crippen LogP contribution is 2.40. The number of nitrogens with two attached hydrogens (primary N) is 1. The van der Waals surface area contributed by atoms with Crippen molar-refractivity contribution in [3.8, 4) is 0 Å². The predicted octanol–water partition coefficient (Wildman–Crippen LogP) is 3.43. The fourth-order valence-corrected chi connectivity index (χ4v) is 3.20. The number of nitrogens with one attached hydrogen (secondary N) is 1. The van der Waals surface area contributed by atoms with Crippen LogP contribution in [0.25, 0.3) is 0 Å². The maximum atomic E-state index is 12.1. The van der Waals surface area contributed by atoms with Crippen LogP contribution in [-0.2, 0) is 4.79 Å². The van der Waals surface area contributed by atoms with Crippen LogP contribution >= 0.6 is 11.6 Å². The molecule has 1 aliphatic carbocycles. The number of rotatable bonds is 3. The van der Waals surface area contributed by atoms with Crippen LogP contribution in [0.3, 0.4) is 0 Å². The molecule has 2 rings (SSSR count). The lowest BCUT2D eigenvalue weighted by atomic mass is 9.69. The fourth-order valence-electron chi connectivity index (χ4n) is 3.02. The summed E-state index contributed by atoms with van der Waals surface area (Å²) in [5, 5.41) is 3.95. The van der Waals surface area contributed by atoms with Crippen LogP contribution in [0, 0.1) is 11.8 Å². The Morgan fingerprint density at radius 1 is 1.37 bits per heavy atom. The van der Waals surface area contributed by atoms with E-state index < -0.39 is 5.54 Å². The molecule has 0 aliphatic heterocycles. The predicted molar refractivity (Wildman–Crippen MR) is 79.2 cm³/mol. The molecule has 19 heavy (non-hydrogen) atoms. The number of anilines is 1. The Bertz CT molecular complexity index is 477. The largest absolute Gasteiger partial charge is 0.370 e. The second-order valence-corrected chi connectivity index (χ2v) is 6.14. The smallest absolute Gasteiger partial charge is 0.243 e. The molecule has 1 aromatic rings. The monoisotopic (exact) mass is 280 g/mol. The van der Waals surface area contributed by atoms with E-state index in [9.17, 15) is 4.79 Å². The molecule has 1 fully saturated rings. The molecule has 104 valence electrons. The van der Waals surface area contributed by atoms with Gasteiger partial charge in [-0.15, -0.1) is 0 Å². The van der Waals surface area contributed by atoms with Gasteiger partial charge in [-0.25, -0.2) is 0 Å². The number of hydrogen-bond donors (Lipinski definition) is 2. The molecule has 3 unspecified atom stereocenters. The molecule has 1 aromatic carbocycles. The van der Waals surface area contributed by atoms with Crippen LogP contribution in [0.4, 0.5) is 5.69 Å². The van der Waals surface area contributed by atoms with Crippen LogP contribution < -0.4 is 11.1 Å². The summed E-state index contributed by atoms with van der Waals surface area (Å²) in [5.41, 5.74) is 5.80. The van der Waals surface area contributed by atoms with Crippen molar-refractivity contribution in [2.75, 3.05) is 5.32 Å². The molecular weight excluding hydrogens is 260 g/mol. The third-order valence-electron chi connectivity index (χ3n) is 4.28. The van der Waals surface area contributed by atoms with E-state index in [1.807, 2.05) is 24.3 Å². The lowest BCUT2D eigenvalue weighted by Gasteiger charge is -2.44. The minimum Gasteiger partial charge on any atom is -0.370 e. The van der Waals surface area contributed by atoms with Gasteiger partial charge >= 0.3 is 0 Å². The summed E-state index contributed by atoms with van der Waals surface area (Å²) in [6.45, 7) is 4.25. The van der Waals surface area contributed by atoms with Crippen LogP contribution in [0.1, 0.15) is 33.1 Å². The van der Waals surface area contributed by atoms with E-state index in [-0.39, 0.29) is 11.8 Å². The van der Waals surface area contributed by atoms with Crippen LogP contribution in [-0.4, -0.2) is 11.4 Å². The van der Waals surface area contributed by atoms with E-state index in [4.69, 9.17) is 17.3 Å². The highest BCUT2D eigenvalue weighted by atomic mass is 35.5. The van der Waals surface area contributed by atoms with Gasteiger partial charge in [-0.1, -0.05) is 44.0 Å². The Morgan fingerprint density at radius 2 is 2.05 bits per heavy atom. The van der Waals surface area contributed by atoms with E-state index >= 15 is 0 Å². The normalized spacial score (nSPS) is 30.9. The summed E-state index contributed by atoms with van der Waals surface area (Å²) in [7, 11) is 0. The van der Waals surface area contributed by atoms with Gasteiger partial charge in [0.15, 0.2) is 0 Å². The first-order chi connectivity index (χ1) is 8.95. The van der Waals surface area contributed by atoms with E-state index in [2.05, 4.69) is 19.2 Å². The molecule has 0 aromatic heterocycles. The molecule has 1 aliphatic rings. The molecule has 0 heterocycles. The second kappa shape index (κ2) is 5.41. The first kappa shape index (κ1) is 14.2. The Balaban J connectivity index is 2.35. The summed E-state index contributed by atoms with van der Waals surface area (Å²) in [6.07, 6.45) is 2.90. The topological polar surface area (TPSA) is 55.1 Å². The number of halogens is 1. The number of primary amides is 1. The molecule has 0 spiro atoms. The molecule has 0 radical (unpaired) electrons. The molecule has 3 N–H and O–H groups in total. The molecule has 3 nitrogen and oxygen atoms in total. The zero-order chi connectivity index (χ0) is 14.0. The number of benzene rings is 1. The van der Waals surface area contributed by atoms with Gasteiger partial charge < -0.3 is 11.1 Å². The summed E-state index contributed by atoms with van der Waals surface area (Å²) in [5.74, 6) is 0.405. The maximum absolute atomic E-state index is 12.1. The van der Waals surface area contributed by atoms with Crippen molar-refractivity contribution in [3.63, 3.8) is 0 Å². The van der Waals surface area contributed by atoms with Crippen molar-refractivity contribution >= 4 is 23.2 Å². The number of hydrogen-bond acceptors (Lipinski definition) is 2. The Morgan fingerprint density at radius 3 is 2.68 bits per heavy atom. The van der Waals surface area contributed by atoms with Crippen molar-refractivity contribution in [2.45, 2.75) is 38.6 Å². The third-order valence-corrected chi connectivity index (χ3v) is 4.61. The quantitative estimate of drug-likeness (QED) is 0.891. The van der Waals surface area contributed by atoms with E-state index in [0.29, 0.717) is 10.9 Å². The van der Waals surface area contributed by atoms with Gasteiger partial charge in [-0.3, -0.25) is 4.79 Å². The SMILES string of the molecule is CC1CCC(C)C(Nc2ccccc2Cl)(C(N)=O)C1. The molecule has 0 saturated heterocycles. The number of amides is 1. The summed E-state index contributed by atoms with van der Waals surface area (Å²) < 4.78 is 0. The average molecular weight is 281 g/mol. The van der Waals surface area contributed by atoms with Crippen LogP contribution in [0.15, 0.2) is 24.3 Å². The second-order valence-electron chi connectivity index (χ2n) is 5.73. The van der Waals surface area contributed by atoms with E-state index in [1.165, 1.54) is 0 Å². The molecule has 1 amide bonds. The Hall–Kier alpha value is -1.22. The maximum Gasteiger partial charge on any atom is 0.243 e. The number of para-hydroxylation sites is 1. The number of carbonyl (C=O) groups excluding carboxylic acids is 1. The Kier molecular flexibility index (Phi) is 4.04. The highest BCUT2D eigenvalue weighted by Gasteiger charge is 2.45. The van der Waals surface area contributed by atoms with Gasteiger partial charge in [0.05, 0.1) is 10.7 Å². The van der Waals surface area contributed by atoms with Gasteiger partial charge in [0.1, 0.15) is 5.54 Å². The lowest BCUT2D eigenvalue weighted by Crippen LogP contribution is -2.57.